The van der Waals surface area contributed by atoms with Crippen molar-refractivity contribution in [1.82, 2.24) is 10.4 Å². The van der Waals surface area contributed by atoms with Crippen molar-refractivity contribution in [2.45, 2.75) is 0 Å². The Morgan fingerprint density at radius 2 is 1.67 bits per heavy atom. The molecule has 0 aliphatic carbocycles. The van der Waals surface area contributed by atoms with Crippen LogP contribution in [0.15, 0.2) is 90.0 Å². The molecule has 194 valence electrons. The smallest absolute Gasteiger partial charge is 0.345 e. The average Bonchev–Trinajstić information content (AvgIpc) is 3.31. The first kappa shape index (κ1) is 26.4. The second-order valence-corrected chi connectivity index (χ2v) is 9.52. The number of fused-ring (bicyclic) bond motifs is 1. The third kappa shape index (κ3) is 5.52. The van der Waals surface area contributed by atoms with Gasteiger partial charge in [0.05, 0.1) is 22.3 Å². The minimum atomic E-state index is -0.689. The Labute approximate surface area is 237 Å². The number of para-hydroxylation sites is 2. The van der Waals surface area contributed by atoms with Gasteiger partial charge in [0, 0.05) is 32.1 Å². The molecule has 0 aliphatic heterocycles. The molecule has 39 heavy (non-hydrogen) atoms. The highest BCUT2D eigenvalue weighted by Gasteiger charge is 2.22. The molecule has 0 radical (unpaired) electrons. The van der Waals surface area contributed by atoms with Crippen molar-refractivity contribution < 1.29 is 18.7 Å². The maximum atomic E-state index is 14.6. The molecule has 0 bridgehead atoms. The second kappa shape index (κ2) is 11.3. The number of hydrogen-bond donors (Lipinski definition) is 2. The van der Waals surface area contributed by atoms with Crippen LogP contribution in [0, 0.1) is 5.82 Å². The molecule has 0 fully saturated rings. The highest BCUT2D eigenvalue weighted by Crippen LogP contribution is 2.37. The molecule has 4 aromatic carbocycles. The number of hydrazone groups is 1. The van der Waals surface area contributed by atoms with Crippen molar-refractivity contribution in [2.24, 2.45) is 5.10 Å². The lowest BCUT2D eigenvalue weighted by Gasteiger charge is -2.09. The Kier molecular flexibility index (Phi) is 7.65. The van der Waals surface area contributed by atoms with Gasteiger partial charge in [0.2, 0.25) is 0 Å². The van der Waals surface area contributed by atoms with E-state index in [1.54, 1.807) is 60.7 Å². The topological polar surface area (TPSA) is 83.5 Å². The van der Waals surface area contributed by atoms with Crippen molar-refractivity contribution in [2.75, 3.05) is 0 Å². The fraction of sp³-hybridized carbons (Fsp3) is 0. The summed E-state index contributed by atoms with van der Waals surface area (Å²) in [6, 6.07) is 22.6. The monoisotopic (exact) mass is 579 g/mol. The van der Waals surface area contributed by atoms with Crippen LogP contribution in [0.4, 0.5) is 4.39 Å². The summed E-state index contributed by atoms with van der Waals surface area (Å²) in [5.41, 5.74) is 4.24. The summed E-state index contributed by atoms with van der Waals surface area (Å²) < 4.78 is 20.1. The fourth-order valence-corrected chi connectivity index (χ4v) is 4.72. The Bertz CT molecular complexity index is 1770. The molecule has 2 N–H and O–H groups in total. The van der Waals surface area contributed by atoms with E-state index in [0.29, 0.717) is 32.1 Å². The number of aromatic amines is 1. The number of carbonyl (C=O) groups excluding carboxylic acids is 2. The maximum Gasteiger partial charge on any atom is 0.345 e. The number of carbonyl (C=O) groups is 2. The third-order valence-corrected chi connectivity index (χ3v) is 6.67. The highest BCUT2D eigenvalue weighted by molar-refractivity contribution is 6.36. The van der Waals surface area contributed by atoms with Crippen molar-refractivity contribution >= 4 is 63.8 Å². The predicted molar refractivity (Wildman–Crippen MR) is 152 cm³/mol. The van der Waals surface area contributed by atoms with Gasteiger partial charge in [0.15, 0.2) is 0 Å². The van der Waals surface area contributed by atoms with E-state index in [1.807, 2.05) is 0 Å². The Balaban J connectivity index is 1.41. The van der Waals surface area contributed by atoms with E-state index in [9.17, 15) is 14.0 Å². The number of ether oxygens (including phenoxy) is 1. The van der Waals surface area contributed by atoms with Crippen LogP contribution in [0.25, 0.3) is 22.0 Å². The SMILES string of the molecule is O=C(Oc1ccccc1C=NNC(=O)c1[nH]c2c(F)cccc2c1-c1ccccc1Cl)c1ccc(Cl)cc1Cl. The average molecular weight is 581 g/mol. The van der Waals surface area contributed by atoms with E-state index in [1.165, 1.54) is 30.5 Å². The van der Waals surface area contributed by atoms with Gasteiger partial charge < -0.3 is 9.72 Å². The number of aromatic nitrogens is 1. The molecule has 5 aromatic rings. The van der Waals surface area contributed by atoms with Gasteiger partial charge in [0.1, 0.15) is 17.3 Å². The summed E-state index contributed by atoms with van der Waals surface area (Å²) in [6.07, 6.45) is 1.32. The van der Waals surface area contributed by atoms with Crippen molar-refractivity contribution in [3.63, 3.8) is 0 Å². The zero-order chi connectivity index (χ0) is 27.5. The van der Waals surface area contributed by atoms with Gasteiger partial charge >= 0.3 is 5.97 Å². The first-order valence-electron chi connectivity index (χ1n) is 11.5. The van der Waals surface area contributed by atoms with E-state index in [-0.39, 0.29) is 27.5 Å². The van der Waals surface area contributed by atoms with E-state index < -0.39 is 17.7 Å². The van der Waals surface area contributed by atoms with E-state index in [4.69, 9.17) is 39.5 Å². The molecule has 0 aliphatic rings. The zero-order valence-corrected chi connectivity index (χ0v) is 22.1. The number of benzene rings is 4. The quantitative estimate of drug-likeness (QED) is 0.0926. The van der Waals surface area contributed by atoms with Crippen LogP contribution in [0.2, 0.25) is 15.1 Å². The van der Waals surface area contributed by atoms with Crippen LogP contribution in [-0.4, -0.2) is 23.1 Å². The zero-order valence-electron chi connectivity index (χ0n) is 19.8. The van der Waals surface area contributed by atoms with E-state index >= 15 is 0 Å². The molecule has 10 heteroatoms. The molecule has 0 spiro atoms. The van der Waals surface area contributed by atoms with Crippen LogP contribution >= 0.6 is 34.8 Å². The van der Waals surface area contributed by atoms with Gasteiger partial charge in [-0.25, -0.2) is 14.6 Å². The van der Waals surface area contributed by atoms with Crippen LogP contribution in [0.3, 0.4) is 0 Å². The molecule has 0 saturated heterocycles. The van der Waals surface area contributed by atoms with Gasteiger partial charge in [-0.05, 0) is 42.5 Å². The molecule has 0 unspecified atom stereocenters. The summed E-state index contributed by atoms with van der Waals surface area (Å²) >= 11 is 18.4. The Hall–Kier alpha value is -4.17. The van der Waals surface area contributed by atoms with Gasteiger partial charge in [-0.3, -0.25) is 4.79 Å². The molecule has 6 nitrogen and oxygen atoms in total. The van der Waals surface area contributed by atoms with E-state index in [0.717, 1.165) is 0 Å². The molecule has 5 rings (SSSR count). The normalized spacial score (nSPS) is 11.2. The van der Waals surface area contributed by atoms with Gasteiger partial charge in [0.25, 0.3) is 5.91 Å². The van der Waals surface area contributed by atoms with Gasteiger partial charge in [-0.1, -0.05) is 77.3 Å². The van der Waals surface area contributed by atoms with Crippen molar-refractivity contribution in [3.8, 4) is 16.9 Å². The van der Waals surface area contributed by atoms with Gasteiger partial charge in [-0.2, -0.15) is 5.10 Å². The molecule has 0 atom stereocenters. The Morgan fingerprint density at radius 1 is 0.897 bits per heavy atom. The number of halogens is 4. The molecular weight excluding hydrogens is 564 g/mol. The van der Waals surface area contributed by atoms with Crippen molar-refractivity contribution in [3.05, 3.63) is 123 Å². The third-order valence-electron chi connectivity index (χ3n) is 5.80. The first-order valence-corrected chi connectivity index (χ1v) is 12.6. The van der Waals surface area contributed by atoms with E-state index in [2.05, 4.69) is 15.5 Å². The lowest BCUT2D eigenvalue weighted by molar-refractivity contribution is 0.0734. The molecule has 1 amide bonds. The molecular formula is C29H17Cl3FN3O3. The van der Waals surface area contributed by atoms with Crippen LogP contribution < -0.4 is 10.2 Å². The molecule has 1 heterocycles. The number of nitrogens with zero attached hydrogens (tertiary/aromatic N) is 1. The Morgan fingerprint density at radius 3 is 2.46 bits per heavy atom. The number of H-pyrrole nitrogens is 1. The first-order chi connectivity index (χ1) is 18.8. The number of hydrogen-bond acceptors (Lipinski definition) is 4. The summed E-state index contributed by atoms with van der Waals surface area (Å²) in [4.78, 5) is 28.7. The van der Waals surface area contributed by atoms with Gasteiger partial charge in [-0.15, -0.1) is 0 Å². The highest BCUT2D eigenvalue weighted by atomic mass is 35.5. The lowest BCUT2D eigenvalue weighted by atomic mass is 10.0. The summed E-state index contributed by atoms with van der Waals surface area (Å²) in [7, 11) is 0. The standard InChI is InChI=1S/C29H17Cl3FN3O3/c30-17-12-13-19(22(32)14-17)29(38)39-24-11-4-1-6-16(24)15-34-36-28(37)27-25(18-7-2-3-9-21(18)31)20-8-5-10-23(33)26(20)35-27/h1-15,35H,(H,36,37). The molecule has 0 saturated carbocycles. The van der Waals surface area contributed by atoms with Crippen molar-refractivity contribution in [1.29, 1.82) is 0 Å². The lowest BCUT2D eigenvalue weighted by Crippen LogP contribution is -2.19. The number of amides is 1. The summed E-state index contributed by atoms with van der Waals surface area (Å²) in [5.74, 6) is -1.64. The van der Waals surface area contributed by atoms with Crippen LogP contribution in [0.5, 0.6) is 5.75 Å². The minimum Gasteiger partial charge on any atom is -0.422 e. The van der Waals surface area contributed by atoms with Crippen LogP contribution in [-0.2, 0) is 0 Å². The maximum absolute atomic E-state index is 14.6. The summed E-state index contributed by atoms with van der Waals surface area (Å²) in [5, 5.41) is 5.46. The number of esters is 1. The predicted octanol–water partition coefficient (Wildman–Crippen LogP) is 7.92. The number of nitrogens with one attached hydrogen (secondary N) is 2. The minimum absolute atomic E-state index is 0.0810. The molecule has 1 aromatic heterocycles. The summed E-state index contributed by atoms with van der Waals surface area (Å²) in [6.45, 7) is 0. The number of rotatable bonds is 6. The van der Waals surface area contributed by atoms with Crippen LogP contribution in [0.1, 0.15) is 26.4 Å². The fourth-order valence-electron chi connectivity index (χ4n) is 4.00. The second-order valence-electron chi connectivity index (χ2n) is 8.27. The largest absolute Gasteiger partial charge is 0.422 e.